The Kier molecular flexibility index (Phi) is 7.55. The number of H-pyrrole nitrogens is 1. The summed E-state index contributed by atoms with van der Waals surface area (Å²) in [6.45, 7) is 0. The molecule has 4 rings (SSSR count). The predicted octanol–water partition coefficient (Wildman–Crippen LogP) is 5.14. The highest BCUT2D eigenvalue weighted by molar-refractivity contribution is 6.32. The van der Waals surface area contributed by atoms with Crippen molar-refractivity contribution in [2.24, 2.45) is 0 Å². The molecule has 0 radical (unpaired) electrons. The van der Waals surface area contributed by atoms with Gasteiger partial charge in [0.2, 0.25) is 0 Å². The zero-order valence-corrected chi connectivity index (χ0v) is 19.5. The number of benzene rings is 2. The number of phenolic OH excluding ortho intramolecular Hbond substituents is 1. The van der Waals surface area contributed by atoms with Crippen LogP contribution in [0.15, 0.2) is 36.5 Å². The molecule has 8 nitrogen and oxygen atoms in total. The zero-order valence-electron chi connectivity index (χ0n) is 17.9. The Hall–Kier alpha value is -2.46. The van der Waals surface area contributed by atoms with Gasteiger partial charge < -0.3 is 24.1 Å². The molecule has 10 heteroatoms. The lowest BCUT2D eigenvalue weighted by molar-refractivity contribution is -0.123. The van der Waals surface area contributed by atoms with E-state index in [9.17, 15) is 5.11 Å². The third-order valence-corrected chi connectivity index (χ3v) is 5.50. The summed E-state index contributed by atoms with van der Waals surface area (Å²) in [5.74, 6) is 0.00202. The van der Waals surface area contributed by atoms with Gasteiger partial charge in [-0.25, -0.2) is 4.98 Å². The second kappa shape index (κ2) is 9.99. The fraction of sp³-hybridized carbons (Fsp3) is 0.273. The van der Waals surface area contributed by atoms with Crippen molar-refractivity contribution in [2.45, 2.75) is 12.6 Å². The van der Waals surface area contributed by atoms with Crippen LogP contribution in [0.2, 0.25) is 5.02 Å². The molecular formula is C22H23Cl2N3O5. The third kappa shape index (κ3) is 4.13. The maximum Gasteiger partial charge on any atom is 0.183 e. The van der Waals surface area contributed by atoms with Crippen LogP contribution in [-0.4, -0.2) is 48.7 Å². The van der Waals surface area contributed by atoms with Crippen molar-refractivity contribution in [2.75, 3.05) is 28.4 Å². The van der Waals surface area contributed by atoms with Crippen molar-refractivity contribution in [1.82, 2.24) is 15.2 Å². The highest BCUT2D eigenvalue weighted by Crippen LogP contribution is 2.39. The lowest BCUT2D eigenvalue weighted by Crippen LogP contribution is -2.13. The highest BCUT2D eigenvalue weighted by Gasteiger charge is 2.24. The van der Waals surface area contributed by atoms with Crippen molar-refractivity contribution in [3.8, 4) is 17.0 Å². The molecule has 4 aromatic rings. The first-order valence-electron chi connectivity index (χ1n) is 9.43. The summed E-state index contributed by atoms with van der Waals surface area (Å²) in [4.78, 5) is 4.77. The predicted molar refractivity (Wildman–Crippen MR) is 124 cm³/mol. The monoisotopic (exact) mass is 479 g/mol. The molecule has 170 valence electrons. The van der Waals surface area contributed by atoms with Crippen LogP contribution in [0.1, 0.15) is 23.7 Å². The van der Waals surface area contributed by atoms with Gasteiger partial charge in [-0.2, -0.15) is 5.10 Å². The minimum atomic E-state index is -0.650. The molecule has 0 bridgehead atoms. The van der Waals surface area contributed by atoms with Gasteiger partial charge in [0.25, 0.3) is 0 Å². The molecule has 0 spiro atoms. The van der Waals surface area contributed by atoms with Crippen LogP contribution in [0.3, 0.4) is 0 Å². The molecule has 0 aliphatic heterocycles. The number of pyridine rings is 1. The number of aromatic nitrogens is 3. The van der Waals surface area contributed by atoms with Gasteiger partial charge >= 0.3 is 0 Å². The fourth-order valence-electron chi connectivity index (χ4n) is 3.77. The molecule has 2 aromatic carbocycles. The molecule has 2 N–H and O–H groups in total. The number of fused-ring (bicyclic) bond motifs is 3. The fourth-order valence-corrected chi connectivity index (χ4v) is 3.95. The van der Waals surface area contributed by atoms with Gasteiger partial charge in [0.05, 0.1) is 16.9 Å². The molecule has 0 aliphatic rings. The van der Waals surface area contributed by atoms with E-state index in [2.05, 4.69) is 10.2 Å². The number of methoxy groups -OCH3 is 4. The molecule has 2 heterocycles. The van der Waals surface area contributed by atoms with Crippen molar-refractivity contribution >= 4 is 45.8 Å². The number of ether oxygens (including phenoxy) is 4. The first kappa shape index (κ1) is 24.2. The van der Waals surface area contributed by atoms with E-state index in [1.54, 1.807) is 46.8 Å². The maximum atomic E-state index is 9.85. The average Bonchev–Trinajstić information content (AvgIpc) is 3.26. The summed E-state index contributed by atoms with van der Waals surface area (Å²) in [5, 5.41) is 19.7. The second-order valence-corrected chi connectivity index (χ2v) is 7.30. The van der Waals surface area contributed by atoms with Gasteiger partial charge in [-0.1, -0.05) is 11.6 Å². The van der Waals surface area contributed by atoms with Crippen LogP contribution in [0.5, 0.6) is 5.75 Å². The highest BCUT2D eigenvalue weighted by atomic mass is 35.5. The Bertz CT molecular complexity index is 1240. The average molecular weight is 480 g/mol. The van der Waals surface area contributed by atoms with Gasteiger partial charge in [0.1, 0.15) is 5.75 Å². The standard InChI is InChI=1S/C22H22ClN3O5.ClH/c1-28-21(29-2)14-8-12-13(9-15(14)22(30-3)31-4)19(25-20-16(12)10-24-26-20)11-5-6-18(27)17(23)7-11;/h5-10,21-22,27H,1-4H3,(H,24,25,26);1H. The number of nitrogens with zero attached hydrogens (tertiary/aromatic N) is 2. The topological polar surface area (TPSA) is 98.7 Å². The minimum absolute atomic E-state index is 0. The number of phenols is 1. The van der Waals surface area contributed by atoms with Crippen molar-refractivity contribution in [3.05, 3.63) is 52.7 Å². The van der Waals surface area contributed by atoms with Crippen molar-refractivity contribution in [3.63, 3.8) is 0 Å². The van der Waals surface area contributed by atoms with Crippen LogP contribution in [0, 0.1) is 0 Å². The normalized spacial score (nSPS) is 11.6. The summed E-state index contributed by atoms with van der Waals surface area (Å²) in [6, 6.07) is 8.89. The van der Waals surface area contributed by atoms with Crippen LogP contribution >= 0.6 is 24.0 Å². The number of hydrogen-bond donors (Lipinski definition) is 2. The number of hydrogen-bond acceptors (Lipinski definition) is 7. The Morgan fingerprint density at radius 1 is 0.875 bits per heavy atom. The smallest absolute Gasteiger partial charge is 0.183 e. The molecule has 2 aromatic heterocycles. The van der Waals surface area contributed by atoms with E-state index in [1.807, 2.05) is 12.1 Å². The van der Waals surface area contributed by atoms with Crippen LogP contribution < -0.4 is 0 Å². The van der Waals surface area contributed by atoms with E-state index >= 15 is 0 Å². The molecule has 0 amide bonds. The Morgan fingerprint density at radius 3 is 2.03 bits per heavy atom. The largest absolute Gasteiger partial charge is 0.506 e. The van der Waals surface area contributed by atoms with Crippen LogP contribution in [0.4, 0.5) is 0 Å². The summed E-state index contributed by atoms with van der Waals surface area (Å²) < 4.78 is 22.1. The summed E-state index contributed by atoms with van der Waals surface area (Å²) in [5.41, 5.74) is 3.52. The van der Waals surface area contributed by atoms with E-state index in [-0.39, 0.29) is 23.2 Å². The minimum Gasteiger partial charge on any atom is -0.506 e. The van der Waals surface area contributed by atoms with E-state index in [1.165, 1.54) is 6.07 Å². The molecule has 0 aliphatic carbocycles. The second-order valence-electron chi connectivity index (χ2n) is 6.89. The Labute approximate surface area is 195 Å². The van der Waals surface area contributed by atoms with Crippen LogP contribution in [-0.2, 0) is 18.9 Å². The molecule has 32 heavy (non-hydrogen) atoms. The van der Waals surface area contributed by atoms with E-state index in [0.717, 1.165) is 32.8 Å². The first-order chi connectivity index (χ1) is 15.0. The zero-order chi connectivity index (χ0) is 22.1. The van der Waals surface area contributed by atoms with Gasteiger partial charge in [-0.3, -0.25) is 5.10 Å². The Balaban J connectivity index is 0.00000289. The summed E-state index contributed by atoms with van der Waals surface area (Å²) in [6.07, 6.45) is 0.442. The number of aromatic hydroxyl groups is 1. The van der Waals surface area contributed by atoms with Gasteiger partial charge in [0, 0.05) is 55.9 Å². The summed E-state index contributed by atoms with van der Waals surface area (Å²) in [7, 11) is 6.27. The van der Waals surface area contributed by atoms with Gasteiger partial charge in [0.15, 0.2) is 18.2 Å². The van der Waals surface area contributed by atoms with E-state index < -0.39 is 12.6 Å². The number of nitrogens with one attached hydrogen (secondary N) is 1. The maximum absolute atomic E-state index is 9.85. The van der Waals surface area contributed by atoms with Crippen LogP contribution in [0.25, 0.3) is 33.1 Å². The van der Waals surface area contributed by atoms with Gasteiger partial charge in [-0.05, 0) is 35.7 Å². The number of halogens is 2. The Morgan fingerprint density at radius 2 is 1.47 bits per heavy atom. The van der Waals surface area contributed by atoms with Gasteiger partial charge in [-0.15, -0.1) is 12.4 Å². The lowest BCUT2D eigenvalue weighted by Gasteiger charge is -2.23. The lowest BCUT2D eigenvalue weighted by atomic mass is 9.95. The quantitative estimate of drug-likeness (QED) is 0.354. The molecule has 0 saturated heterocycles. The molecule has 0 fully saturated rings. The number of aromatic amines is 1. The molecular weight excluding hydrogens is 457 g/mol. The van der Waals surface area contributed by atoms with Crippen molar-refractivity contribution in [1.29, 1.82) is 0 Å². The molecule has 0 atom stereocenters. The summed E-state index contributed by atoms with van der Waals surface area (Å²) >= 11 is 6.17. The third-order valence-electron chi connectivity index (χ3n) is 5.20. The molecule has 0 saturated carbocycles. The number of rotatable bonds is 7. The first-order valence-corrected chi connectivity index (χ1v) is 9.80. The van der Waals surface area contributed by atoms with E-state index in [0.29, 0.717) is 11.3 Å². The molecule has 0 unspecified atom stereocenters. The SMILES string of the molecule is COC(OC)c1cc2c(-c3ccc(O)c(Cl)c3)nc3[nH]ncc3c2cc1C(OC)OC.Cl. The van der Waals surface area contributed by atoms with Crippen molar-refractivity contribution < 1.29 is 24.1 Å². The van der Waals surface area contributed by atoms with E-state index in [4.69, 9.17) is 35.5 Å².